The Labute approximate surface area is 153 Å². The molecule has 1 aromatic heterocycles. The van der Waals surface area contributed by atoms with E-state index in [4.69, 9.17) is 10.5 Å². The number of anilines is 1. The van der Waals surface area contributed by atoms with Gasteiger partial charge in [-0.1, -0.05) is 24.1 Å². The van der Waals surface area contributed by atoms with E-state index in [1.54, 1.807) is 12.1 Å². The predicted molar refractivity (Wildman–Crippen MR) is 105 cm³/mol. The molecule has 0 saturated carbocycles. The normalized spacial score (nSPS) is 11.8. The Hall–Kier alpha value is -3.10. The molecule has 1 heterocycles. The maximum atomic E-state index is 6.03. The van der Waals surface area contributed by atoms with Gasteiger partial charge in [-0.05, 0) is 57.3 Å². The molecule has 26 heavy (non-hydrogen) atoms. The number of hydrogen-bond donors (Lipinski definition) is 1. The summed E-state index contributed by atoms with van der Waals surface area (Å²) in [5, 5.41) is 0. The lowest BCUT2D eigenvalue weighted by Gasteiger charge is -2.18. The summed E-state index contributed by atoms with van der Waals surface area (Å²) in [6.07, 6.45) is -0.0391. The van der Waals surface area contributed by atoms with Crippen molar-refractivity contribution >= 4 is 16.7 Å². The van der Waals surface area contributed by atoms with Crippen LogP contribution < -0.4 is 10.5 Å². The summed E-state index contributed by atoms with van der Waals surface area (Å²) in [7, 11) is 4.01. The molecular weight excluding hydrogens is 324 g/mol. The quantitative estimate of drug-likeness (QED) is 0.581. The highest BCUT2D eigenvalue weighted by molar-refractivity contribution is 5.79. The zero-order valence-electron chi connectivity index (χ0n) is 15.2. The molecule has 2 N–H and O–H groups in total. The molecule has 132 valence electrons. The van der Waals surface area contributed by atoms with Crippen LogP contribution in [0.25, 0.3) is 11.0 Å². The molecule has 5 heteroatoms. The van der Waals surface area contributed by atoms with E-state index in [-0.39, 0.29) is 6.10 Å². The molecule has 0 amide bonds. The molecule has 3 aromatic rings. The van der Waals surface area contributed by atoms with Crippen molar-refractivity contribution in [2.45, 2.75) is 13.0 Å². The van der Waals surface area contributed by atoms with Gasteiger partial charge in [0.05, 0.1) is 11.0 Å². The topological polar surface area (TPSA) is 64.3 Å². The summed E-state index contributed by atoms with van der Waals surface area (Å²) >= 11 is 0. The Morgan fingerprint density at radius 1 is 1.04 bits per heavy atom. The highest BCUT2D eigenvalue weighted by atomic mass is 16.5. The van der Waals surface area contributed by atoms with Gasteiger partial charge in [0.15, 0.2) is 5.69 Å². The van der Waals surface area contributed by atoms with Crippen molar-refractivity contribution < 1.29 is 4.74 Å². The van der Waals surface area contributed by atoms with Gasteiger partial charge < -0.3 is 15.4 Å². The minimum atomic E-state index is -0.0391. The number of nitrogen functional groups attached to an aromatic ring is 1. The molecule has 0 fully saturated rings. The molecule has 0 spiro atoms. The van der Waals surface area contributed by atoms with E-state index in [2.05, 4.69) is 26.7 Å². The lowest BCUT2D eigenvalue weighted by atomic mass is 10.2. The van der Waals surface area contributed by atoms with Gasteiger partial charge in [-0.15, -0.1) is 0 Å². The molecule has 5 nitrogen and oxygen atoms in total. The van der Waals surface area contributed by atoms with Crippen LogP contribution >= 0.6 is 0 Å². The summed E-state index contributed by atoms with van der Waals surface area (Å²) in [4.78, 5) is 11.3. The zero-order chi connectivity index (χ0) is 18.5. The largest absolute Gasteiger partial charge is 0.471 e. The number of rotatable bonds is 4. The number of aromatic nitrogens is 2. The predicted octanol–water partition coefficient (Wildman–Crippen LogP) is 2.94. The van der Waals surface area contributed by atoms with E-state index in [1.807, 2.05) is 57.4 Å². The third-order valence-electron chi connectivity index (χ3n) is 3.69. The minimum absolute atomic E-state index is 0.0391. The zero-order valence-corrected chi connectivity index (χ0v) is 15.2. The maximum Gasteiger partial charge on any atom is 0.249 e. The minimum Gasteiger partial charge on any atom is -0.471 e. The van der Waals surface area contributed by atoms with Gasteiger partial charge in [-0.25, -0.2) is 9.97 Å². The molecule has 0 saturated heterocycles. The molecule has 0 radical (unpaired) electrons. The Morgan fingerprint density at radius 3 is 2.54 bits per heavy atom. The van der Waals surface area contributed by atoms with Gasteiger partial charge in [-0.2, -0.15) is 0 Å². The standard InChI is InChI=1S/C21H22N4O/c1-15(14-25(2)3)26-21-19(11-9-16-7-5-4-6-8-16)23-20-13-17(22)10-12-18(20)24-21/h4-8,10,12-13,15H,14,22H2,1-3H3. The van der Waals surface area contributed by atoms with Crippen LogP contribution in [0.1, 0.15) is 18.2 Å². The van der Waals surface area contributed by atoms with Gasteiger partial charge in [0, 0.05) is 17.8 Å². The fourth-order valence-electron chi connectivity index (χ4n) is 2.61. The average Bonchev–Trinajstić information content (AvgIpc) is 2.60. The first-order valence-corrected chi connectivity index (χ1v) is 8.47. The molecular formula is C21H22N4O. The van der Waals surface area contributed by atoms with Crippen LogP contribution in [0.4, 0.5) is 5.69 Å². The maximum absolute atomic E-state index is 6.03. The highest BCUT2D eigenvalue weighted by Crippen LogP contribution is 2.21. The van der Waals surface area contributed by atoms with Crippen molar-refractivity contribution in [1.82, 2.24) is 14.9 Å². The number of ether oxygens (including phenoxy) is 1. The molecule has 2 aromatic carbocycles. The average molecular weight is 346 g/mol. The van der Waals surface area contributed by atoms with Crippen molar-refractivity contribution in [3.8, 4) is 17.7 Å². The van der Waals surface area contributed by atoms with Crippen molar-refractivity contribution in [1.29, 1.82) is 0 Å². The molecule has 0 aliphatic heterocycles. The smallest absolute Gasteiger partial charge is 0.249 e. The summed E-state index contributed by atoms with van der Waals surface area (Å²) in [6.45, 7) is 2.77. The van der Waals surface area contributed by atoms with E-state index < -0.39 is 0 Å². The van der Waals surface area contributed by atoms with E-state index in [0.29, 0.717) is 22.8 Å². The van der Waals surface area contributed by atoms with Crippen molar-refractivity contribution in [3.05, 3.63) is 59.8 Å². The highest BCUT2D eigenvalue weighted by Gasteiger charge is 2.13. The fourth-order valence-corrected chi connectivity index (χ4v) is 2.61. The number of nitrogens with zero attached hydrogens (tertiary/aromatic N) is 3. The number of likely N-dealkylation sites (N-methyl/N-ethyl adjacent to an activating group) is 1. The van der Waals surface area contributed by atoms with Crippen LogP contribution in [0.2, 0.25) is 0 Å². The van der Waals surface area contributed by atoms with Crippen LogP contribution in [0.3, 0.4) is 0 Å². The lowest BCUT2D eigenvalue weighted by Crippen LogP contribution is -2.28. The molecule has 1 unspecified atom stereocenters. The second-order valence-electron chi connectivity index (χ2n) is 6.43. The van der Waals surface area contributed by atoms with Crippen molar-refractivity contribution in [3.63, 3.8) is 0 Å². The van der Waals surface area contributed by atoms with Crippen LogP contribution in [0.15, 0.2) is 48.5 Å². The van der Waals surface area contributed by atoms with Crippen molar-refractivity contribution in [2.24, 2.45) is 0 Å². The van der Waals surface area contributed by atoms with Gasteiger partial charge >= 0.3 is 0 Å². The van der Waals surface area contributed by atoms with E-state index in [0.717, 1.165) is 17.6 Å². The van der Waals surface area contributed by atoms with Gasteiger partial charge in [0.25, 0.3) is 0 Å². The first kappa shape index (κ1) is 17.7. The number of hydrogen-bond acceptors (Lipinski definition) is 5. The van der Waals surface area contributed by atoms with Gasteiger partial charge in [-0.3, -0.25) is 0 Å². The molecule has 0 aliphatic carbocycles. The van der Waals surface area contributed by atoms with Gasteiger partial charge in [0.1, 0.15) is 6.10 Å². The second-order valence-corrected chi connectivity index (χ2v) is 6.43. The fraction of sp³-hybridized carbons (Fsp3) is 0.238. The second kappa shape index (κ2) is 7.85. The van der Waals surface area contributed by atoms with Crippen LogP contribution in [-0.4, -0.2) is 41.6 Å². The van der Waals surface area contributed by atoms with Gasteiger partial charge in [0.2, 0.25) is 5.88 Å². The monoisotopic (exact) mass is 346 g/mol. The SMILES string of the molecule is CC(CN(C)C)Oc1nc2ccc(N)cc2nc1C#Cc1ccccc1. The summed E-state index contributed by atoms with van der Waals surface area (Å²) in [5.74, 6) is 6.66. The number of benzene rings is 2. The van der Waals surface area contributed by atoms with Crippen LogP contribution in [0, 0.1) is 11.8 Å². The summed E-state index contributed by atoms with van der Waals surface area (Å²) in [5.41, 5.74) is 9.37. The molecule has 0 aliphatic rings. The Kier molecular flexibility index (Phi) is 5.35. The Morgan fingerprint density at radius 2 is 1.81 bits per heavy atom. The lowest BCUT2D eigenvalue weighted by molar-refractivity contribution is 0.170. The van der Waals surface area contributed by atoms with E-state index in [1.165, 1.54) is 0 Å². The Bertz CT molecular complexity index is 958. The van der Waals surface area contributed by atoms with Crippen LogP contribution in [0.5, 0.6) is 5.88 Å². The first-order chi connectivity index (χ1) is 12.5. The van der Waals surface area contributed by atoms with E-state index >= 15 is 0 Å². The third-order valence-corrected chi connectivity index (χ3v) is 3.69. The van der Waals surface area contributed by atoms with Crippen LogP contribution in [-0.2, 0) is 0 Å². The summed E-state index contributed by atoms with van der Waals surface area (Å²) in [6, 6.07) is 15.2. The third kappa shape index (κ3) is 4.50. The molecule has 1 atom stereocenters. The number of fused-ring (bicyclic) bond motifs is 1. The van der Waals surface area contributed by atoms with Crippen molar-refractivity contribution in [2.75, 3.05) is 26.4 Å². The summed E-state index contributed by atoms with van der Waals surface area (Å²) < 4.78 is 6.03. The molecule has 3 rings (SSSR count). The number of nitrogens with two attached hydrogens (primary N) is 1. The Balaban J connectivity index is 2.02. The first-order valence-electron chi connectivity index (χ1n) is 8.47. The van der Waals surface area contributed by atoms with E-state index in [9.17, 15) is 0 Å². The molecule has 0 bridgehead atoms.